The van der Waals surface area contributed by atoms with Gasteiger partial charge in [-0.05, 0) is 76.8 Å². The zero-order valence-corrected chi connectivity index (χ0v) is 37.4. The average molecular weight is 957 g/mol. The minimum Gasteiger partial charge on any atom is -0.512 e. The number of ketones is 1. The number of fused-ring (bicyclic) bond motifs is 1. The molecule has 0 aliphatic heterocycles. The Morgan fingerprint density at radius 2 is 1.35 bits per heavy atom. The maximum absolute atomic E-state index is 14.3. The van der Waals surface area contributed by atoms with Crippen molar-refractivity contribution in [2.24, 2.45) is 17.3 Å². The van der Waals surface area contributed by atoms with Crippen LogP contribution in [0.4, 0.5) is 13.2 Å². The van der Waals surface area contributed by atoms with E-state index in [9.17, 15) is 23.1 Å². The van der Waals surface area contributed by atoms with Crippen molar-refractivity contribution in [1.29, 1.82) is 0 Å². The summed E-state index contributed by atoms with van der Waals surface area (Å²) in [6.07, 6.45) is -0.394. The van der Waals surface area contributed by atoms with Gasteiger partial charge in [0.2, 0.25) is 0 Å². The number of benzene rings is 4. The van der Waals surface area contributed by atoms with Crippen LogP contribution in [0.1, 0.15) is 114 Å². The van der Waals surface area contributed by atoms with Crippen molar-refractivity contribution in [2.45, 2.75) is 113 Å². The van der Waals surface area contributed by atoms with Crippen molar-refractivity contribution in [3.05, 3.63) is 126 Å². The SMILES string of the molecule is CCC(CC)C(=O)/C=C(\O)C(CC)CC.[2H]C([2H])(c1cccc(-c2cccc(-c3cc(-c4[c-]c5ccccc5c(C(C)(C)C)c4)ncc3C(F)(F)F)c2)c1)C(C)(C)C.[Ir]. The molecule has 0 aliphatic rings. The number of carbonyl (C=O) groups excluding carboxylic acids is 1. The van der Waals surface area contributed by atoms with E-state index in [0.717, 1.165) is 53.8 Å². The Hall–Kier alpha value is -4.06. The van der Waals surface area contributed by atoms with Gasteiger partial charge in [-0.1, -0.05) is 147 Å². The molecule has 0 spiro atoms. The van der Waals surface area contributed by atoms with Crippen LogP contribution in [-0.4, -0.2) is 15.9 Å². The summed E-state index contributed by atoms with van der Waals surface area (Å²) in [5.41, 5.74) is 2.81. The molecule has 0 saturated heterocycles. The van der Waals surface area contributed by atoms with E-state index in [0.29, 0.717) is 27.9 Å². The fourth-order valence-electron chi connectivity index (χ4n) is 6.91. The normalized spacial score (nSPS) is 13.1. The number of aliphatic hydroxyl groups excluding tert-OH is 1. The van der Waals surface area contributed by atoms with Crippen molar-refractivity contribution < 1.29 is 45.9 Å². The molecule has 307 valence electrons. The minimum atomic E-state index is -4.61. The quantitative estimate of drug-likeness (QED) is 0.0815. The van der Waals surface area contributed by atoms with Gasteiger partial charge < -0.3 is 5.11 Å². The van der Waals surface area contributed by atoms with Gasteiger partial charge in [0.1, 0.15) is 0 Å². The van der Waals surface area contributed by atoms with Crippen LogP contribution >= 0.6 is 0 Å². The molecule has 1 heterocycles. The molecule has 0 unspecified atom stereocenters. The average Bonchev–Trinajstić information content (AvgIpc) is 3.17. The fraction of sp³-hybridized carbons (Fsp3) is 0.400. The zero-order chi connectivity index (χ0) is 43.2. The Labute approximate surface area is 355 Å². The number of pyridine rings is 1. The van der Waals surface area contributed by atoms with E-state index in [2.05, 4.69) is 31.8 Å². The molecule has 1 N–H and O–H groups in total. The summed E-state index contributed by atoms with van der Waals surface area (Å²) in [7, 11) is 0. The molecule has 4 aromatic carbocycles. The second-order valence-corrected chi connectivity index (χ2v) is 16.5. The molecule has 0 aliphatic carbocycles. The van der Waals surface area contributed by atoms with Crippen LogP contribution in [0.25, 0.3) is 44.3 Å². The van der Waals surface area contributed by atoms with Crippen molar-refractivity contribution >= 4 is 16.6 Å². The Balaban J connectivity index is 0.000000496. The van der Waals surface area contributed by atoms with Gasteiger partial charge in [0.25, 0.3) is 0 Å². The van der Waals surface area contributed by atoms with Crippen LogP contribution < -0.4 is 0 Å². The molecule has 3 nitrogen and oxygen atoms in total. The number of alkyl halides is 3. The summed E-state index contributed by atoms with van der Waals surface area (Å²) in [6, 6.07) is 28.9. The number of hydrogen-bond acceptors (Lipinski definition) is 3. The summed E-state index contributed by atoms with van der Waals surface area (Å²) in [6.45, 7) is 19.9. The second-order valence-electron chi connectivity index (χ2n) is 16.5. The maximum atomic E-state index is 14.3. The first kappa shape index (κ1) is 44.1. The summed E-state index contributed by atoms with van der Waals surface area (Å²) in [5, 5.41) is 11.7. The maximum Gasteiger partial charge on any atom is 0.418 e. The molecule has 0 saturated carbocycles. The third-order valence-corrected chi connectivity index (χ3v) is 10.0. The summed E-state index contributed by atoms with van der Waals surface area (Å²) in [4.78, 5) is 16.0. The Kier molecular flexibility index (Phi) is 15.5. The molecule has 5 rings (SSSR count). The van der Waals surface area contributed by atoms with Gasteiger partial charge in [-0.15, -0.1) is 29.1 Å². The number of aromatic nitrogens is 1. The predicted octanol–water partition coefficient (Wildman–Crippen LogP) is 14.8. The minimum absolute atomic E-state index is 0. The van der Waals surface area contributed by atoms with E-state index in [1.54, 1.807) is 36.4 Å². The van der Waals surface area contributed by atoms with Crippen LogP contribution in [0.3, 0.4) is 0 Å². The van der Waals surface area contributed by atoms with Crippen LogP contribution in [-0.2, 0) is 42.9 Å². The fourth-order valence-corrected chi connectivity index (χ4v) is 6.91. The van der Waals surface area contributed by atoms with Crippen molar-refractivity contribution in [3.8, 4) is 33.5 Å². The molecule has 1 radical (unpaired) electrons. The second kappa shape index (κ2) is 20.1. The Bertz CT molecular complexity index is 2230. The topological polar surface area (TPSA) is 50.2 Å². The monoisotopic (exact) mass is 957 g/mol. The molecule has 5 aromatic rings. The zero-order valence-electron chi connectivity index (χ0n) is 37.0. The van der Waals surface area contributed by atoms with Gasteiger partial charge >= 0.3 is 6.18 Å². The van der Waals surface area contributed by atoms with Crippen LogP contribution in [0.15, 0.2) is 103 Å². The van der Waals surface area contributed by atoms with Gasteiger partial charge in [0.15, 0.2) is 5.78 Å². The van der Waals surface area contributed by atoms with E-state index >= 15 is 0 Å². The smallest absolute Gasteiger partial charge is 0.418 e. The number of allylic oxidation sites excluding steroid dienone is 2. The van der Waals surface area contributed by atoms with E-state index in [-0.39, 0.29) is 54.5 Å². The molecule has 7 heteroatoms. The standard InChI is InChI=1S/C37H35F3N.C13H24O2.Ir/c1-35(2,3)22-24-11-9-13-25(17-24)26-14-10-15-28(18-26)31-21-34(41-23-33(31)37(38,39)40)29-19-27-12-7-8-16-30(27)32(20-29)36(4,5)6;1-5-10(6-2)12(14)9-13(15)11(7-3)8-4;/h7-18,20-21,23H,22H2,1-6H3;9-11,14H,5-8H2,1-4H3;/q-1;;/b;12-9-;/i22D2;;. The van der Waals surface area contributed by atoms with Crippen molar-refractivity contribution in [2.75, 3.05) is 0 Å². The third kappa shape index (κ3) is 12.7. The van der Waals surface area contributed by atoms with E-state index < -0.39 is 23.5 Å². The molecule has 0 fully saturated rings. The van der Waals surface area contributed by atoms with Crippen LogP contribution in [0, 0.1) is 23.3 Å². The summed E-state index contributed by atoms with van der Waals surface area (Å²) in [5.74, 6) is 0.547. The largest absolute Gasteiger partial charge is 0.512 e. The van der Waals surface area contributed by atoms with Gasteiger partial charge in [-0.2, -0.15) is 13.2 Å². The molecule has 0 atom stereocenters. The summed E-state index contributed by atoms with van der Waals surface area (Å²) < 4.78 is 60.4. The van der Waals surface area contributed by atoms with E-state index in [1.807, 2.05) is 90.9 Å². The first-order valence-electron chi connectivity index (χ1n) is 20.8. The van der Waals surface area contributed by atoms with Crippen LogP contribution in [0.5, 0.6) is 0 Å². The van der Waals surface area contributed by atoms with Gasteiger partial charge in [-0.25, -0.2) is 0 Å². The molecule has 1 aromatic heterocycles. The number of nitrogens with zero attached hydrogens (tertiary/aromatic N) is 1. The molecular weight excluding hydrogens is 896 g/mol. The first-order chi connectivity index (χ1) is 27.1. The third-order valence-electron chi connectivity index (χ3n) is 10.0. The number of rotatable bonds is 11. The molecule has 0 amide bonds. The molecule has 57 heavy (non-hydrogen) atoms. The number of aliphatic hydroxyl groups is 1. The number of halogens is 3. The molecule has 0 bridgehead atoms. The van der Waals surface area contributed by atoms with Gasteiger partial charge in [0, 0.05) is 52.6 Å². The Morgan fingerprint density at radius 3 is 1.93 bits per heavy atom. The molecular formula is C50H59F3IrNO2-. The van der Waals surface area contributed by atoms with Crippen molar-refractivity contribution in [3.63, 3.8) is 0 Å². The summed E-state index contributed by atoms with van der Waals surface area (Å²) >= 11 is 0. The number of carbonyl (C=O) groups is 1. The Morgan fingerprint density at radius 1 is 0.772 bits per heavy atom. The predicted molar refractivity (Wildman–Crippen MR) is 228 cm³/mol. The van der Waals surface area contributed by atoms with Gasteiger partial charge in [0.05, 0.1) is 11.3 Å². The number of hydrogen-bond donors (Lipinski definition) is 1. The van der Waals surface area contributed by atoms with E-state index in [1.165, 1.54) is 12.1 Å². The first-order valence-corrected chi connectivity index (χ1v) is 19.8. The van der Waals surface area contributed by atoms with Gasteiger partial charge in [-0.3, -0.25) is 9.78 Å². The van der Waals surface area contributed by atoms with Crippen LogP contribution in [0.2, 0.25) is 0 Å². The van der Waals surface area contributed by atoms with Crippen molar-refractivity contribution in [1.82, 2.24) is 4.98 Å². The van der Waals surface area contributed by atoms with E-state index in [4.69, 9.17) is 2.74 Å².